The van der Waals surface area contributed by atoms with E-state index in [1.807, 2.05) is 30.3 Å². The van der Waals surface area contributed by atoms with Gasteiger partial charge < -0.3 is 19.7 Å². The third-order valence-corrected chi connectivity index (χ3v) is 5.23. The van der Waals surface area contributed by atoms with E-state index in [-0.39, 0.29) is 30.4 Å². The molecule has 166 valence electrons. The van der Waals surface area contributed by atoms with E-state index in [2.05, 4.69) is 5.32 Å². The van der Waals surface area contributed by atoms with Gasteiger partial charge in [0.1, 0.15) is 35.8 Å². The minimum Gasteiger partial charge on any atom is -0.490 e. The second-order valence-corrected chi connectivity index (χ2v) is 7.63. The van der Waals surface area contributed by atoms with Crippen LogP contribution in [-0.4, -0.2) is 30.1 Å². The molecule has 0 saturated carbocycles. The fourth-order valence-electron chi connectivity index (χ4n) is 3.55. The lowest BCUT2D eigenvalue weighted by Gasteiger charge is -2.32. The van der Waals surface area contributed by atoms with E-state index in [4.69, 9.17) is 9.47 Å². The number of carbonyl (C=O) groups excluding carboxylic acids is 1. The summed E-state index contributed by atoms with van der Waals surface area (Å²) in [6.45, 7) is 1.40. The van der Waals surface area contributed by atoms with Gasteiger partial charge in [-0.25, -0.2) is 13.6 Å². The Morgan fingerprint density at radius 3 is 2.25 bits per heavy atom. The van der Waals surface area contributed by atoms with Gasteiger partial charge in [0, 0.05) is 31.6 Å². The molecule has 2 amide bonds. The van der Waals surface area contributed by atoms with Gasteiger partial charge in [0.15, 0.2) is 0 Å². The molecule has 1 saturated heterocycles. The second-order valence-electron chi connectivity index (χ2n) is 7.63. The maximum Gasteiger partial charge on any atom is 0.321 e. The number of urea groups is 1. The number of hydrogen-bond acceptors (Lipinski definition) is 3. The van der Waals surface area contributed by atoms with Crippen molar-refractivity contribution < 1.29 is 23.0 Å². The minimum atomic E-state index is -0.389. The quantitative estimate of drug-likeness (QED) is 0.544. The van der Waals surface area contributed by atoms with Crippen molar-refractivity contribution in [3.05, 3.63) is 90.0 Å². The van der Waals surface area contributed by atoms with Gasteiger partial charge in [-0.05, 0) is 60.2 Å². The molecule has 1 fully saturated rings. The van der Waals surface area contributed by atoms with E-state index < -0.39 is 0 Å². The van der Waals surface area contributed by atoms with Crippen molar-refractivity contribution in [1.82, 2.24) is 4.90 Å². The molecule has 3 aromatic carbocycles. The minimum absolute atomic E-state index is 0.00674. The average Bonchev–Trinajstić information content (AvgIpc) is 2.79. The second kappa shape index (κ2) is 10.1. The van der Waals surface area contributed by atoms with Crippen molar-refractivity contribution in [2.75, 3.05) is 18.4 Å². The number of hydrogen-bond donors (Lipinski definition) is 1. The van der Waals surface area contributed by atoms with Gasteiger partial charge >= 0.3 is 6.03 Å². The van der Waals surface area contributed by atoms with Gasteiger partial charge in [-0.2, -0.15) is 0 Å². The average molecular weight is 438 g/mol. The Hall–Kier alpha value is -3.61. The van der Waals surface area contributed by atoms with Crippen LogP contribution >= 0.6 is 0 Å². The highest BCUT2D eigenvalue weighted by molar-refractivity contribution is 5.89. The van der Waals surface area contributed by atoms with Gasteiger partial charge in [-0.3, -0.25) is 0 Å². The van der Waals surface area contributed by atoms with Crippen LogP contribution in [-0.2, 0) is 6.61 Å². The van der Waals surface area contributed by atoms with Gasteiger partial charge in [-0.15, -0.1) is 0 Å². The van der Waals surface area contributed by atoms with E-state index in [0.29, 0.717) is 37.4 Å². The summed E-state index contributed by atoms with van der Waals surface area (Å²) >= 11 is 0. The molecule has 0 aromatic heterocycles. The molecule has 7 heteroatoms. The van der Waals surface area contributed by atoms with Crippen LogP contribution in [0, 0.1) is 11.6 Å². The molecule has 4 rings (SSSR count). The fraction of sp³-hybridized carbons (Fsp3) is 0.240. The topological polar surface area (TPSA) is 50.8 Å². The summed E-state index contributed by atoms with van der Waals surface area (Å²) in [6.07, 6.45) is 1.41. The molecular weight excluding hydrogens is 414 g/mol. The summed E-state index contributed by atoms with van der Waals surface area (Å²) in [6, 6.07) is 19.2. The molecule has 1 N–H and O–H groups in total. The number of anilines is 1. The Morgan fingerprint density at radius 2 is 1.56 bits per heavy atom. The van der Waals surface area contributed by atoms with Gasteiger partial charge in [0.25, 0.3) is 0 Å². The summed E-state index contributed by atoms with van der Waals surface area (Å²) in [5.74, 6) is 0.726. The predicted molar refractivity (Wildman–Crippen MR) is 118 cm³/mol. The normalized spacial score (nSPS) is 14.1. The monoisotopic (exact) mass is 438 g/mol. The van der Waals surface area contributed by atoms with Gasteiger partial charge in [0.05, 0.1) is 0 Å². The van der Waals surface area contributed by atoms with Crippen molar-refractivity contribution in [2.45, 2.75) is 25.6 Å². The number of piperidine rings is 1. The molecule has 32 heavy (non-hydrogen) atoms. The van der Waals surface area contributed by atoms with E-state index >= 15 is 0 Å². The number of rotatable bonds is 6. The Bertz CT molecular complexity index is 1050. The van der Waals surface area contributed by atoms with Crippen molar-refractivity contribution in [3.8, 4) is 11.5 Å². The summed E-state index contributed by atoms with van der Waals surface area (Å²) < 4.78 is 38.2. The molecule has 0 bridgehead atoms. The summed E-state index contributed by atoms with van der Waals surface area (Å²) in [7, 11) is 0. The van der Waals surface area contributed by atoms with Crippen LogP contribution in [0.4, 0.5) is 19.3 Å². The van der Waals surface area contributed by atoms with Crippen LogP contribution in [0.3, 0.4) is 0 Å². The first-order chi connectivity index (χ1) is 15.5. The molecule has 0 unspecified atom stereocenters. The molecule has 0 aliphatic carbocycles. The molecule has 3 aromatic rings. The van der Waals surface area contributed by atoms with Crippen LogP contribution < -0.4 is 14.8 Å². The Kier molecular flexibility index (Phi) is 6.84. The summed E-state index contributed by atoms with van der Waals surface area (Å²) in [4.78, 5) is 14.1. The Labute approximate surface area is 185 Å². The number of halogens is 2. The van der Waals surface area contributed by atoms with Crippen LogP contribution in [0.5, 0.6) is 11.5 Å². The highest BCUT2D eigenvalue weighted by atomic mass is 19.1. The summed E-state index contributed by atoms with van der Waals surface area (Å²) in [5.41, 5.74) is 1.20. The maximum absolute atomic E-state index is 13.3. The third kappa shape index (κ3) is 5.97. The zero-order valence-electron chi connectivity index (χ0n) is 17.5. The number of ether oxygens (including phenoxy) is 2. The lowest BCUT2D eigenvalue weighted by Crippen LogP contribution is -2.43. The molecule has 5 nitrogen and oxygen atoms in total. The predicted octanol–water partition coefficient (Wildman–Crippen LogP) is 5.62. The molecule has 0 atom stereocenters. The maximum atomic E-state index is 13.3. The number of benzene rings is 3. The lowest BCUT2D eigenvalue weighted by atomic mass is 10.1. The Balaban J connectivity index is 1.22. The van der Waals surface area contributed by atoms with Crippen LogP contribution in [0.1, 0.15) is 18.4 Å². The third-order valence-electron chi connectivity index (χ3n) is 5.23. The van der Waals surface area contributed by atoms with Crippen LogP contribution in [0.15, 0.2) is 72.8 Å². The zero-order valence-corrected chi connectivity index (χ0v) is 17.5. The van der Waals surface area contributed by atoms with Crippen LogP contribution in [0.2, 0.25) is 0 Å². The summed E-state index contributed by atoms with van der Waals surface area (Å²) in [5, 5.41) is 2.72. The number of likely N-dealkylation sites (tertiary alicyclic amines) is 1. The van der Waals surface area contributed by atoms with Crippen molar-refractivity contribution >= 4 is 11.7 Å². The SMILES string of the molecule is O=C(Nc1cccc(F)c1)N1CCC(Oc2ccc(OCc3cccc(F)c3)cc2)CC1. The Morgan fingerprint density at radius 1 is 0.906 bits per heavy atom. The lowest BCUT2D eigenvalue weighted by molar-refractivity contribution is 0.115. The van der Waals surface area contributed by atoms with E-state index in [0.717, 1.165) is 11.3 Å². The smallest absolute Gasteiger partial charge is 0.321 e. The number of nitrogens with one attached hydrogen (secondary N) is 1. The molecule has 0 radical (unpaired) electrons. The first-order valence-electron chi connectivity index (χ1n) is 10.5. The highest BCUT2D eigenvalue weighted by Gasteiger charge is 2.24. The first kappa shape index (κ1) is 21.6. The molecular formula is C25H24F2N2O3. The zero-order chi connectivity index (χ0) is 22.3. The largest absolute Gasteiger partial charge is 0.490 e. The van der Waals surface area contributed by atoms with Crippen molar-refractivity contribution in [3.63, 3.8) is 0 Å². The van der Waals surface area contributed by atoms with Gasteiger partial charge in [0.2, 0.25) is 0 Å². The molecule has 1 aliphatic heterocycles. The molecule has 0 spiro atoms. The number of nitrogens with zero attached hydrogens (tertiary/aromatic N) is 1. The highest BCUT2D eigenvalue weighted by Crippen LogP contribution is 2.23. The molecule has 1 aliphatic rings. The van der Waals surface area contributed by atoms with Crippen molar-refractivity contribution in [1.29, 1.82) is 0 Å². The first-order valence-corrected chi connectivity index (χ1v) is 10.5. The number of amides is 2. The standard InChI is InChI=1S/C25H24F2N2O3/c26-19-4-1-3-18(15-19)17-31-22-7-9-23(10-8-22)32-24-11-13-29(14-12-24)25(30)28-21-6-2-5-20(27)16-21/h1-10,15-16,24H,11-14,17H2,(H,28,30). The molecule has 1 heterocycles. The van der Waals surface area contributed by atoms with Crippen molar-refractivity contribution in [2.24, 2.45) is 0 Å². The number of carbonyl (C=O) groups is 1. The van der Waals surface area contributed by atoms with E-state index in [1.54, 1.807) is 23.1 Å². The van der Waals surface area contributed by atoms with Gasteiger partial charge in [-0.1, -0.05) is 18.2 Å². The van der Waals surface area contributed by atoms with Crippen LogP contribution in [0.25, 0.3) is 0 Å². The fourth-order valence-corrected chi connectivity index (χ4v) is 3.55. The van der Waals surface area contributed by atoms with E-state index in [1.165, 1.54) is 24.3 Å². The van der Waals surface area contributed by atoms with E-state index in [9.17, 15) is 13.6 Å².